The van der Waals surface area contributed by atoms with Gasteiger partial charge in [0.1, 0.15) is 5.78 Å². The second-order valence-electron chi connectivity index (χ2n) is 5.58. The highest BCUT2D eigenvalue weighted by atomic mass is 16.5. The Bertz CT molecular complexity index is 408. The van der Waals surface area contributed by atoms with Crippen LogP contribution in [0.25, 0.3) is 0 Å². The maximum absolute atomic E-state index is 11.8. The van der Waals surface area contributed by atoms with Crippen LogP contribution in [0, 0.1) is 17.3 Å². The molecule has 0 spiro atoms. The Hall–Kier alpha value is -1.12. The number of allylic oxidation sites excluding steroid dienone is 1. The molecule has 0 amide bonds. The minimum Gasteiger partial charge on any atom is -0.466 e. The third-order valence-corrected chi connectivity index (χ3v) is 4.87. The van der Waals surface area contributed by atoms with Gasteiger partial charge in [0.2, 0.25) is 0 Å². The molecule has 0 radical (unpaired) electrons. The SMILES string of the molecule is COC(=O)C1=C(C)[C@]2(C)CC[C@H]1C[C@@H]2C(C)=O. The molecular weight excluding hydrogens is 216 g/mol. The number of hydrogen-bond acceptors (Lipinski definition) is 3. The van der Waals surface area contributed by atoms with Crippen molar-refractivity contribution in [3.8, 4) is 0 Å². The van der Waals surface area contributed by atoms with E-state index in [1.54, 1.807) is 6.92 Å². The van der Waals surface area contributed by atoms with E-state index in [9.17, 15) is 9.59 Å². The van der Waals surface area contributed by atoms with E-state index in [-0.39, 0.29) is 29.0 Å². The van der Waals surface area contributed by atoms with Crippen LogP contribution in [-0.4, -0.2) is 18.9 Å². The lowest BCUT2D eigenvalue weighted by Crippen LogP contribution is -2.46. The Labute approximate surface area is 102 Å². The van der Waals surface area contributed by atoms with Crippen LogP contribution in [0.2, 0.25) is 0 Å². The largest absolute Gasteiger partial charge is 0.466 e. The summed E-state index contributed by atoms with van der Waals surface area (Å²) in [4.78, 5) is 23.6. The van der Waals surface area contributed by atoms with E-state index in [1.807, 2.05) is 6.92 Å². The number of carbonyl (C=O) groups is 2. The molecule has 0 heterocycles. The average molecular weight is 236 g/mol. The molecule has 2 bridgehead atoms. The molecule has 0 aromatic carbocycles. The predicted octanol–water partition coefficient (Wildman–Crippen LogP) is 2.50. The van der Waals surface area contributed by atoms with E-state index in [0.29, 0.717) is 0 Å². The third kappa shape index (κ3) is 1.63. The van der Waals surface area contributed by atoms with E-state index in [1.165, 1.54) is 7.11 Å². The Morgan fingerprint density at radius 1 is 1.41 bits per heavy atom. The molecule has 1 fully saturated rings. The number of esters is 1. The molecule has 3 atom stereocenters. The van der Waals surface area contributed by atoms with Crippen molar-refractivity contribution in [1.29, 1.82) is 0 Å². The Balaban J connectivity index is 2.48. The van der Waals surface area contributed by atoms with Crippen LogP contribution >= 0.6 is 0 Å². The molecular formula is C14H20O3. The van der Waals surface area contributed by atoms with E-state index in [2.05, 4.69) is 6.92 Å². The van der Waals surface area contributed by atoms with Gasteiger partial charge in [0.05, 0.1) is 7.11 Å². The smallest absolute Gasteiger partial charge is 0.333 e. The Morgan fingerprint density at radius 2 is 2.06 bits per heavy atom. The molecule has 3 aliphatic rings. The molecule has 0 aromatic heterocycles. The summed E-state index contributed by atoms with van der Waals surface area (Å²) in [5, 5.41) is 0. The molecule has 0 aromatic rings. The van der Waals surface area contributed by atoms with Crippen molar-refractivity contribution in [2.75, 3.05) is 7.11 Å². The minimum atomic E-state index is -0.208. The summed E-state index contributed by atoms with van der Waals surface area (Å²) in [5.41, 5.74) is 1.77. The van der Waals surface area contributed by atoms with Gasteiger partial charge in [-0.2, -0.15) is 0 Å². The molecule has 3 rings (SSSR count). The fourth-order valence-corrected chi connectivity index (χ4v) is 3.68. The summed E-state index contributed by atoms with van der Waals surface area (Å²) in [6.45, 7) is 5.78. The van der Waals surface area contributed by atoms with Gasteiger partial charge in [-0.1, -0.05) is 12.5 Å². The Kier molecular flexibility index (Phi) is 2.88. The summed E-state index contributed by atoms with van der Waals surface area (Å²) in [7, 11) is 1.43. The van der Waals surface area contributed by atoms with Gasteiger partial charge in [-0.3, -0.25) is 4.79 Å². The van der Waals surface area contributed by atoms with E-state index in [0.717, 1.165) is 30.4 Å². The van der Waals surface area contributed by atoms with Gasteiger partial charge in [0.15, 0.2) is 0 Å². The lowest BCUT2D eigenvalue weighted by molar-refractivity contribution is -0.139. The molecule has 17 heavy (non-hydrogen) atoms. The zero-order valence-electron chi connectivity index (χ0n) is 11.0. The van der Waals surface area contributed by atoms with Crippen LogP contribution in [0.5, 0.6) is 0 Å². The number of ether oxygens (including phenoxy) is 1. The predicted molar refractivity (Wildman–Crippen MR) is 64.3 cm³/mol. The lowest BCUT2D eigenvalue weighted by Gasteiger charge is -2.50. The fourth-order valence-electron chi connectivity index (χ4n) is 3.68. The first kappa shape index (κ1) is 12.3. The zero-order chi connectivity index (χ0) is 12.8. The van der Waals surface area contributed by atoms with Gasteiger partial charge in [-0.15, -0.1) is 0 Å². The van der Waals surface area contributed by atoms with Gasteiger partial charge in [0, 0.05) is 11.5 Å². The molecule has 3 aliphatic carbocycles. The molecule has 94 valence electrons. The van der Waals surface area contributed by atoms with Crippen molar-refractivity contribution in [2.45, 2.75) is 40.0 Å². The first-order valence-electron chi connectivity index (χ1n) is 6.21. The average Bonchev–Trinajstić information content (AvgIpc) is 2.29. The van der Waals surface area contributed by atoms with Crippen molar-refractivity contribution in [1.82, 2.24) is 0 Å². The van der Waals surface area contributed by atoms with Crippen molar-refractivity contribution in [3.05, 3.63) is 11.1 Å². The maximum atomic E-state index is 11.8. The summed E-state index contributed by atoms with van der Waals surface area (Å²) < 4.78 is 4.87. The molecule has 0 unspecified atom stereocenters. The van der Waals surface area contributed by atoms with Crippen LogP contribution < -0.4 is 0 Å². The molecule has 3 heteroatoms. The summed E-state index contributed by atoms with van der Waals surface area (Å²) >= 11 is 0. The molecule has 1 saturated carbocycles. The van der Waals surface area contributed by atoms with Gasteiger partial charge >= 0.3 is 5.97 Å². The molecule has 3 nitrogen and oxygen atoms in total. The summed E-state index contributed by atoms with van der Waals surface area (Å²) in [6, 6.07) is 0. The highest BCUT2D eigenvalue weighted by molar-refractivity contribution is 5.92. The van der Waals surface area contributed by atoms with Crippen molar-refractivity contribution >= 4 is 11.8 Å². The van der Waals surface area contributed by atoms with Crippen molar-refractivity contribution < 1.29 is 14.3 Å². The molecule has 0 saturated heterocycles. The molecule has 0 aliphatic heterocycles. The van der Waals surface area contributed by atoms with E-state index in [4.69, 9.17) is 4.74 Å². The number of methoxy groups -OCH3 is 1. The van der Waals surface area contributed by atoms with Crippen LogP contribution in [0.3, 0.4) is 0 Å². The zero-order valence-corrected chi connectivity index (χ0v) is 11.0. The van der Waals surface area contributed by atoms with Gasteiger partial charge < -0.3 is 4.74 Å². The van der Waals surface area contributed by atoms with Crippen molar-refractivity contribution in [3.63, 3.8) is 0 Å². The van der Waals surface area contributed by atoms with Gasteiger partial charge in [0.25, 0.3) is 0 Å². The van der Waals surface area contributed by atoms with Crippen molar-refractivity contribution in [2.24, 2.45) is 17.3 Å². The number of Topliss-reactive ketones (excluding diaryl/α,β-unsaturated/α-hetero) is 1. The number of fused-ring (bicyclic) bond motifs is 2. The highest BCUT2D eigenvalue weighted by Crippen LogP contribution is 2.56. The number of rotatable bonds is 2. The summed E-state index contributed by atoms with van der Waals surface area (Å²) in [5.74, 6) is 0.341. The number of carbonyl (C=O) groups excluding carboxylic acids is 2. The molecule has 0 N–H and O–H groups in total. The van der Waals surface area contributed by atoms with Gasteiger partial charge in [-0.05, 0) is 44.4 Å². The monoisotopic (exact) mass is 236 g/mol. The highest BCUT2D eigenvalue weighted by Gasteiger charge is 2.51. The standard InChI is InChI=1S/C14H20O3/c1-8-12(13(16)17-4)10-5-6-14(8,3)11(7-10)9(2)15/h10-11H,5-7H2,1-4H3/t10-,11+,14-/m0/s1. The third-order valence-electron chi connectivity index (χ3n) is 4.87. The quantitative estimate of drug-likeness (QED) is 0.692. The lowest BCUT2D eigenvalue weighted by atomic mass is 9.53. The van der Waals surface area contributed by atoms with Crippen LogP contribution in [0.1, 0.15) is 40.0 Å². The van der Waals surface area contributed by atoms with Crippen LogP contribution in [-0.2, 0) is 14.3 Å². The summed E-state index contributed by atoms with van der Waals surface area (Å²) in [6.07, 6.45) is 2.82. The first-order chi connectivity index (χ1) is 7.91. The van der Waals surface area contributed by atoms with Crippen LogP contribution in [0.15, 0.2) is 11.1 Å². The Morgan fingerprint density at radius 3 is 2.59 bits per heavy atom. The first-order valence-corrected chi connectivity index (χ1v) is 6.21. The second kappa shape index (κ2) is 3.97. The van der Waals surface area contributed by atoms with Crippen LogP contribution in [0.4, 0.5) is 0 Å². The second-order valence-corrected chi connectivity index (χ2v) is 5.58. The number of hydrogen-bond donors (Lipinski definition) is 0. The number of ketones is 1. The minimum absolute atomic E-state index is 0.0784. The van der Waals surface area contributed by atoms with E-state index >= 15 is 0 Å². The normalized spacial score (nSPS) is 36.0. The topological polar surface area (TPSA) is 43.4 Å². The van der Waals surface area contributed by atoms with E-state index < -0.39 is 0 Å². The maximum Gasteiger partial charge on any atom is 0.333 e. The van der Waals surface area contributed by atoms with Gasteiger partial charge in [-0.25, -0.2) is 4.79 Å². The fraction of sp³-hybridized carbons (Fsp3) is 0.714.